The first-order chi connectivity index (χ1) is 14.1. The Hall–Kier alpha value is 0.234. The highest BCUT2D eigenvalue weighted by Gasteiger charge is 2.37. The van der Waals surface area contributed by atoms with Gasteiger partial charge in [0.25, 0.3) is 0 Å². The van der Waals surface area contributed by atoms with Crippen LogP contribution < -0.4 is 5.73 Å². The van der Waals surface area contributed by atoms with Crippen molar-refractivity contribution in [3.05, 3.63) is 0 Å². The van der Waals surface area contributed by atoms with Crippen molar-refractivity contribution < 1.29 is 18.3 Å². The largest absolute Gasteiger partial charge is 0.417 e. The van der Waals surface area contributed by atoms with Crippen molar-refractivity contribution in [3.63, 3.8) is 0 Å². The maximum Gasteiger partial charge on any atom is 0.191 e. The molecule has 4 unspecified atom stereocenters. The van der Waals surface area contributed by atoms with Gasteiger partial charge >= 0.3 is 0 Å². The molecule has 5 nitrogen and oxygen atoms in total. The van der Waals surface area contributed by atoms with Gasteiger partial charge in [0, 0.05) is 11.2 Å². The standard InChI is InChI=1S/C24H55NO4Si2/c1-12-14-16-20(30-28-22(5,6)7)26-18(3)24(11,25)19(4)27-21(17-15-13-2)31-29-23(8,9)10/h18-21H,12-17,25,30-31H2,1-11H3. The molecule has 4 atom stereocenters. The van der Waals surface area contributed by atoms with E-state index < -0.39 is 25.1 Å². The van der Waals surface area contributed by atoms with Crippen LogP contribution in [0.2, 0.25) is 0 Å². The van der Waals surface area contributed by atoms with Crippen LogP contribution in [0.4, 0.5) is 0 Å². The van der Waals surface area contributed by atoms with Crippen molar-refractivity contribution in [1.82, 2.24) is 0 Å². The fourth-order valence-corrected chi connectivity index (χ4v) is 6.15. The van der Waals surface area contributed by atoms with Crippen molar-refractivity contribution in [2.24, 2.45) is 5.73 Å². The van der Waals surface area contributed by atoms with Crippen LogP contribution >= 0.6 is 0 Å². The lowest BCUT2D eigenvalue weighted by Crippen LogP contribution is -2.59. The van der Waals surface area contributed by atoms with Gasteiger partial charge in [-0.15, -0.1) is 0 Å². The Labute approximate surface area is 198 Å². The van der Waals surface area contributed by atoms with Crippen LogP contribution in [-0.2, 0) is 18.3 Å². The van der Waals surface area contributed by atoms with Crippen LogP contribution in [-0.4, -0.2) is 59.9 Å². The molecular formula is C24H55NO4Si2. The first kappa shape index (κ1) is 31.2. The lowest BCUT2D eigenvalue weighted by Gasteiger charge is -2.40. The quantitative estimate of drug-likeness (QED) is 0.335. The predicted octanol–water partition coefficient (Wildman–Crippen LogP) is 4.34. The Bertz CT molecular complexity index is 423. The molecule has 0 aliphatic carbocycles. The number of rotatable bonds is 16. The van der Waals surface area contributed by atoms with E-state index >= 15 is 0 Å². The molecule has 0 aliphatic heterocycles. The third kappa shape index (κ3) is 14.9. The fourth-order valence-electron chi connectivity index (χ4n) is 3.13. The molecule has 0 heterocycles. The maximum atomic E-state index is 6.82. The summed E-state index contributed by atoms with van der Waals surface area (Å²) in [7, 11) is -1.63. The first-order valence-electron chi connectivity index (χ1n) is 12.5. The average Bonchev–Trinajstić information content (AvgIpc) is 2.64. The zero-order valence-corrected chi connectivity index (χ0v) is 25.5. The van der Waals surface area contributed by atoms with Crippen molar-refractivity contribution in [2.45, 2.75) is 155 Å². The van der Waals surface area contributed by atoms with Gasteiger partial charge in [0.1, 0.15) is 0 Å². The van der Waals surface area contributed by atoms with E-state index in [1.54, 1.807) is 0 Å². The third-order valence-electron chi connectivity index (χ3n) is 5.71. The molecule has 2 N–H and O–H groups in total. The van der Waals surface area contributed by atoms with Crippen LogP contribution in [0.15, 0.2) is 0 Å². The molecule has 0 radical (unpaired) electrons. The molecule has 0 bridgehead atoms. The topological polar surface area (TPSA) is 62.9 Å². The smallest absolute Gasteiger partial charge is 0.191 e. The van der Waals surface area contributed by atoms with Gasteiger partial charge in [0.15, 0.2) is 19.5 Å². The van der Waals surface area contributed by atoms with Crippen LogP contribution in [0.5, 0.6) is 0 Å². The van der Waals surface area contributed by atoms with Crippen LogP contribution in [0.3, 0.4) is 0 Å². The van der Waals surface area contributed by atoms with Gasteiger partial charge in [-0.25, -0.2) is 0 Å². The lowest BCUT2D eigenvalue weighted by atomic mass is 9.91. The Morgan fingerprint density at radius 2 is 1.00 bits per heavy atom. The Morgan fingerprint density at radius 1 is 0.677 bits per heavy atom. The minimum absolute atomic E-state index is 0.113. The molecule has 0 rings (SSSR count). The summed E-state index contributed by atoms with van der Waals surface area (Å²) >= 11 is 0. The SMILES string of the molecule is CCCCC(OC(C)C(C)(N)C(C)OC(CCCC)[SiH2]OC(C)(C)C)[SiH2]OC(C)(C)C. The van der Waals surface area contributed by atoms with Gasteiger partial charge in [-0.2, -0.15) is 0 Å². The normalized spacial score (nSPS) is 19.7. The minimum Gasteiger partial charge on any atom is -0.417 e. The monoisotopic (exact) mass is 477 g/mol. The zero-order valence-electron chi connectivity index (χ0n) is 22.7. The Balaban J connectivity index is 5.07. The molecule has 0 aliphatic rings. The van der Waals surface area contributed by atoms with Crippen molar-refractivity contribution >= 4 is 19.5 Å². The van der Waals surface area contributed by atoms with E-state index in [0.717, 1.165) is 38.5 Å². The van der Waals surface area contributed by atoms with E-state index in [4.69, 9.17) is 24.1 Å². The van der Waals surface area contributed by atoms with Gasteiger partial charge < -0.3 is 24.1 Å². The lowest BCUT2D eigenvalue weighted by molar-refractivity contribution is -0.0862. The number of hydrogen-bond acceptors (Lipinski definition) is 5. The average molecular weight is 478 g/mol. The fraction of sp³-hybridized carbons (Fsp3) is 1.00. The molecule has 0 aromatic heterocycles. The van der Waals surface area contributed by atoms with Crippen molar-refractivity contribution in [1.29, 1.82) is 0 Å². The first-order valence-corrected chi connectivity index (χ1v) is 15.3. The Morgan fingerprint density at radius 3 is 1.26 bits per heavy atom. The highest BCUT2D eigenvalue weighted by Crippen LogP contribution is 2.23. The third-order valence-corrected chi connectivity index (χ3v) is 9.72. The molecule has 31 heavy (non-hydrogen) atoms. The number of ether oxygens (including phenoxy) is 2. The predicted molar refractivity (Wildman–Crippen MR) is 139 cm³/mol. The van der Waals surface area contributed by atoms with E-state index in [0.29, 0.717) is 0 Å². The summed E-state index contributed by atoms with van der Waals surface area (Å²) in [4.78, 5) is 0. The summed E-state index contributed by atoms with van der Waals surface area (Å²) in [5, 5.41) is 0. The minimum atomic E-state index is -0.813. The van der Waals surface area contributed by atoms with E-state index in [1.807, 2.05) is 0 Å². The van der Waals surface area contributed by atoms with Gasteiger partial charge in [-0.1, -0.05) is 39.5 Å². The molecule has 188 valence electrons. The summed E-state index contributed by atoms with van der Waals surface area (Å²) in [6.07, 6.45) is 6.49. The van der Waals surface area contributed by atoms with Crippen molar-refractivity contribution in [2.75, 3.05) is 0 Å². The molecule has 0 amide bonds. The van der Waals surface area contributed by atoms with Gasteiger partial charge in [0.05, 0.1) is 29.2 Å². The second-order valence-electron chi connectivity index (χ2n) is 11.3. The van der Waals surface area contributed by atoms with Crippen LogP contribution in [0.1, 0.15) is 115 Å². The second kappa shape index (κ2) is 14.5. The molecular weight excluding hydrogens is 422 g/mol. The molecule has 0 aromatic carbocycles. The van der Waals surface area contributed by atoms with E-state index in [-0.39, 0.29) is 34.9 Å². The van der Waals surface area contributed by atoms with Crippen LogP contribution in [0.25, 0.3) is 0 Å². The molecule has 0 saturated carbocycles. The molecule has 0 saturated heterocycles. The molecule has 7 heteroatoms. The highest BCUT2D eigenvalue weighted by molar-refractivity contribution is 6.29. The van der Waals surface area contributed by atoms with Crippen LogP contribution in [0, 0.1) is 0 Å². The summed E-state index contributed by atoms with van der Waals surface area (Å²) in [5.41, 5.74) is 6.37. The maximum absolute atomic E-state index is 6.82. The number of nitrogens with two attached hydrogens (primary N) is 1. The van der Waals surface area contributed by atoms with Gasteiger partial charge in [-0.05, 0) is 75.2 Å². The summed E-state index contributed by atoms with van der Waals surface area (Å²) < 4.78 is 25.4. The van der Waals surface area contributed by atoms with Gasteiger partial charge in [-0.3, -0.25) is 0 Å². The van der Waals surface area contributed by atoms with Gasteiger partial charge in [0.2, 0.25) is 0 Å². The zero-order chi connectivity index (χ0) is 24.3. The number of hydrogen-bond donors (Lipinski definition) is 1. The number of unbranched alkanes of at least 4 members (excludes halogenated alkanes) is 2. The molecule has 0 aromatic rings. The van der Waals surface area contributed by atoms with E-state index in [9.17, 15) is 0 Å². The molecule has 0 fully saturated rings. The second-order valence-corrected chi connectivity index (χ2v) is 14.4. The summed E-state index contributed by atoms with van der Waals surface area (Å²) in [5.74, 6) is 0. The highest BCUT2D eigenvalue weighted by atomic mass is 28.2. The van der Waals surface area contributed by atoms with Crippen molar-refractivity contribution in [3.8, 4) is 0 Å². The molecule has 0 spiro atoms. The summed E-state index contributed by atoms with van der Waals surface area (Å²) in [6.45, 7) is 23.4. The summed E-state index contributed by atoms with van der Waals surface area (Å²) in [6, 6.07) is 0. The Kier molecular flexibility index (Phi) is 14.6. The van der Waals surface area contributed by atoms with E-state index in [2.05, 4.69) is 76.2 Å². The van der Waals surface area contributed by atoms with E-state index in [1.165, 1.54) is 0 Å².